The molecule has 1 aliphatic carbocycles. The molecule has 6 nitrogen and oxygen atoms in total. The summed E-state index contributed by atoms with van der Waals surface area (Å²) >= 11 is 0. The number of Topliss-reactive ketones (excluding diaryl/α,β-unsaturated/α-hetero) is 1. The molecule has 1 aliphatic heterocycles. The normalized spacial score (nSPS) is 18.5. The van der Waals surface area contributed by atoms with Gasteiger partial charge < -0.3 is 9.47 Å². The van der Waals surface area contributed by atoms with Gasteiger partial charge in [0.2, 0.25) is 5.91 Å². The van der Waals surface area contributed by atoms with Gasteiger partial charge in [-0.3, -0.25) is 14.5 Å². The van der Waals surface area contributed by atoms with Crippen molar-refractivity contribution < 1.29 is 9.59 Å². The minimum Gasteiger partial charge on any atom is -0.330 e. The number of carbonyl (C=O) groups excluding carboxylic acids is 2. The van der Waals surface area contributed by atoms with Gasteiger partial charge in [0.25, 0.3) is 0 Å². The van der Waals surface area contributed by atoms with Crippen molar-refractivity contribution in [2.45, 2.75) is 51.7 Å². The zero-order valence-electron chi connectivity index (χ0n) is 14.6. The Kier molecular flexibility index (Phi) is 5.14. The average Bonchev–Trinajstić information content (AvgIpc) is 3.23. The first-order valence-electron chi connectivity index (χ1n) is 8.77. The molecule has 1 amide bonds. The van der Waals surface area contributed by atoms with Crippen LogP contribution in [0, 0.1) is 0 Å². The van der Waals surface area contributed by atoms with E-state index >= 15 is 0 Å². The zero-order chi connectivity index (χ0) is 17.1. The molecule has 6 heteroatoms. The Morgan fingerprint density at radius 3 is 2.79 bits per heavy atom. The van der Waals surface area contributed by atoms with Crippen molar-refractivity contribution in [3.8, 4) is 0 Å². The molecule has 130 valence electrons. The van der Waals surface area contributed by atoms with Crippen LogP contribution in [0.15, 0.2) is 18.3 Å². The Morgan fingerprint density at radius 1 is 1.33 bits per heavy atom. The molecule has 1 saturated carbocycles. The van der Waals surface area contributed by atoms with Crippen molar-refractivity contribution in [1.29, 1.82) is 0 Å². The number of hydrogen-bond acceptors (Lipinski definition) is 4. The van der Waals surface area contributed by atoms with Crippen molar-refractivity contribution in [2.75, 3.05) is 20.1 Å². The van der Waals surface area contributed by atoms with Gasteiger partial charge in [0.05, 0.1) is 12.7 Å². The second-order valence-electron chi connectivity index (χ2n) is 6.81. The van der Waals surface area contributed by atoms with Crippen LogP contribution in [-0.2, 0) is 17.9 Å². The zero-order valence-corrected chi connectivity index (χ0v) is 14.6. The van der Waals surface area contributed by atoms with Crippen LogP contribution in [0.3, 0.4) is 0 Å². The third kappa shape index (κ3) is 3.59. The van der Waals surface area contributed by atoms with E-state index < -0.39 is 0 Å². The number of hydrogen-bond donors (Lipinski definition) is 0. The number of ketones is 1. The predicted octanol–water partition coefficient (Wildman–Crippen LogP) is 1.86. The minimum atomic E-state index is 0.0170. The highest BCUT2D eigenvalue weighted by molar-refractivity contribution is 5.92. The lowest BCUT2D eigenvalue weighted by atomic mass is 10.2. The van der Waals surface area contributed by atoms with Crippen molar-refractivity contribution >= 4 is 11.7 Å². The molecule has 0 spiro atoms. The fourth-order valence-electron chi connectivity index (χ4n) is 3.65. The number of nitrogens with zero attached hydrogens (tertiary/aromatic N) is 4. The number of rotatable bonds is 5. The van der Waals surface area contributed by atoms with E-state index in [4.69, 9.17) is 0 Å². The molecular weight excluding hydrogens is 304 g/mol. The molecule has 2 heterocycles. The van der Waals surface area contributed by atoms with Gasteiger partial charge in [0, 0.05) is 38.7 Å². The first kappa shape index (κ1) is 16.9. The van der Waals surface area contributed by atoms with Gasteiger partial charge in [0.15, 0.2) is 5.78 Å². The van der Waals surface area contributed by atoms with Crippen LogP contribution in [0.2, 0.25) is 0 Å². The van der Waals surface area contributed by atoms with Gasteiger partial charge in [0.1, 0.15) is 11.5 Å². The lowest BCUT2D eigenvalue weighted by Gasteiger charge is -2.27. The number of carbonyl (C=O) groups is 2. The predicted molar refractivity (Wildman–Crippen MR) is 91.7 cm³/mol. The van der Waals surface area contributed by atoms with Crippen LogP contribution in [-0.4, -0.2) is 57.2 Å². The molecule has 0 N–H and O–H groups in total. The first-order valence-corrected chi connectivity index (χ1v) is 8.77. The van der Waals surface area contributed by atoms with E-state index in [0.29, 0.717) is 31.4 Å². The second kappa shape index (κ2) is 7.30. The lowest BCUT2D eigenvalue weighted by Crippen LogP contribution is -2.38. The van der Waals surface area contributed by atoms with Crippen molar-refractivity contribution in [2.24, 2.45) is 0 Å². The molecule has 0 aromatic carbocycles. The van der Waals surface area contributed by atoms with Gasteiger partial charge in [-0.25, -0.2) is 4.98 Å². The number of imidazole rings is 1. The number of aromatic nitrogens is 2. The van der Waals surface area contributed by atoms with Crippen LogP contribution in [0.4, 0.5) is 0 Å². The van der Waals surface area contributed by atoms with E-state index in [2.05, 4.69) is 16.9 Å². The van der Waals surface area contributed by atoms with Crippen LogP contribution < -0.4 is 0 Å². The summed E-state index contributed by atoms with van der Waals surface area (Å²) in [7, 11) is 2.13. The molecule has 1 fully saturated rings. The molecular formula is C18H26N4O2. The average molecular weight is 330 g/mol. The minimum absolute atomic E-state index is 0.0170. The smallest absolute Gasteiger partial charge is 0.246 e. The second-order valence-corrected chi connectivity index (χ2v) is 6.81. The van der Waals surface area contributed by atoms with Crippen molar-refractivity contribution in [3.63, 3.8) is 0 Å². The monoisotopic (exact) mass is 330 g/mol. The third-order valence-corrected chi connectivity index (χ3v) is 5.14. The Balaban J connectivity index is 1.54. The molecule has 1 aromatic rings. The Hall–Kier alpha value is -1.95. The van der Waals surface area contributed by atoms with Crippen LogP contribution >= 0.6 is 0 Å². The highest BCUT2D eigenvalue weighted by atomic mass is 16.2. The SMILES string of the molecule is CC(=O)c1cnc2n1CCN(C(=O)/C=C/CN(C)C1CCCC1)C2. The maximum atomic E-state index is 12.4. The molecule has 0 atom stereocenters. The van der Waals surface area contributed by atoms with E-state index in [-0.39, 0.29) is 11.7 Å². The van der Waals surface area contributed by atoms with E-state index in [9.17, 15) is 9.59 Å². The molecule has 0 unspecified atom stereocenters. The highest BCUT2D eigenvalue weighted by Gasteiger charge is 2.23. The largest absolute Gasteiger partial charge is 0.330 e. The van der Waals surface area contributed by atoms with Gasteiger partial charge in [-0.05, 0) is 19.9 Å². The number of likely N-dealkylation sites (N-methyl/N-ethyl adjacent to an activating group) is 1. The summed E-state index contributed by atoms with van der Waals surface area (Å²) in [5, 5.41) is 0. The Bertz CT molecular complexity index is 643. The standard InChI is InChI=1S/C18H26N4O2/c1-14(23)16-12-19-17-13-21(10-11-22(16)17)18(24)8-5-9-20(2)15-6-3-4-7-15/h5,8,12,15H,3-4,6-7,9-11,13H2,1-2H3/b8-5+. The third-order valence-electron chi connectivity index (χ3n) is 5.14. The van der Waals surface area contributed by atoms with E-state index in [0.717, 1.165) is 12.4 Å². The molecule has 0 radical (unpaired) electrons. The Labute approximate surface area is 143 Å². The number of amides is 1. The van der Waals surface area contributed by atoms with Gasteiger partial charge >= 0.3 is 0 Å². The summed E-state index contributed by atoms with van der Waals surface area (Å²) in [5.41, 5.74) is 0.630. The summed E-state index contributed by atoms with van der Waals surface area (Å²) in [5.74, 6) is 0.827. The van der Waals surface area contributed by atoms with E-state index in [1.165, 1.54) is 25.7 Å². The molecule has 24 heavy (non-hydrogen) atoms. The van der Waals surface area contributed by atoms with Crippen LogP contribution in [0.5, 0.6) is 0 Å². The van der Waals surface area contributed by atoms with Crippen molar-refractivity contribution in [3.05, 3.63) is 29.9 Å². The van der Waals surface area contributed by atoms with Gasteiger partial charge in [-0.15, -0.1) is 0 Å². The van der Waals surface area contributed by atoms with E-state index in [1.54, 1.807) is 24.1 Å². The highest BCUT2D eigenvalue weighted by Crippen LogP contribution is 2.22. The fraction of sp³-hybridized carbons (Fsp3) is 0.611. The maximum absolute atomic E-state index is 12.4. The Morgan fingerprint density at radius 2 is 2.08 bits per heavy atom. The van der Waals surface area contributed by atoms with Crippen LogP contribution in [0.25, 0.3) is 0 Å². The summed E-state index contributed by atoms with van der Waals surface area (Å²) in [4.78, 5) is 32.3. The quantitative estimate of drug-likeness (QED) is 0.611. The lowest BCUT2D eigenvalue weighted by molar-refractivity contribution is -0.127. The first-order chi connectivity index (χ1) is 11.6. The van der Waals surface area contributed by atoms with Gasteiger partial charge in [-0.1, -0.05) is 18.9 Å². The fourth-order valence-corrected chi connectivity index (χ4v) is 3.65. The van der Waals surface area contributed by atoms with Crippen LogP contribution in [0.1, 0.15) is 48.9 Å². The summed E-state index contributed by atoms with van der Waals surface area (Å²) in [6.07, 6.45) is 10.4. The summed E-state index contributed by atoms with van der Waals surface area (Å²) in [6.45, 7) is 4.07. The van der Waals surface area contributed by atoms with E-state index in [1.807, 2.05) is 10.6 Å². The van der Waals surface area contributed by atoms with Crippen molar-refractivity contribution in [1.82, 2.24) is 19.4 Å². The molecule has 0 bridgehead atoms. The molecule has 0 saturated heterocycles. The molecule has 3 rings (SSSR count). The summed E-state index contributed by atoms with van der Waals surface area (Å²) < 4.78 is 1.92. The molecule has 2 aliphatic rings. The van der Waals surface area contributed by atoms with Gasteiger partial charge in [-0.2, -0.15) is 0 Å². The maximum Gasteiger partial charge on any atom is 0.246 e. The molecule has 1 aromatic heterocycles. The number of fused-ring (bicyclic) bond motifs is 1. The summed E-state index contributed by atoms with van der Waals surface area (Å²) in [6, 6.07) is 0.664. The topological polar surface area (TPSA) is 58.4 Å².